The van der Waals surface area contributed by atoms with Crippen LogP contribution in [0.3, 0.4) is 0 Å². The molecule has 0 fully saturated rings. The van der Waals surface area contributed by atoms with E-state index in [9.17, 15) is 24.6 Å². The van der Waals surface area contributed by atoms with Crippen molar-refractivity contribution in [3.63, 3.8) is 0 Å². The van der Waals surface area contributed by atoms with Gasteiger partial charge in [-0.05, 0) is 47.1 Å². The lowest BCUT2D eigenvalue weighted by Crippen LogP contribution is -2.55. The Morgan fingerprint density at radius 1 is 1.13 bits per heavy atom. The molecule has 1 rings (SSSR count). The number of aliphatic hydroxyl groups is 2. The van der Waals surface area contributed by atoms with Gasteiger partial charge in [0.2, 0.25) is 11.8 Å². The number of aliphatic hydroxyl groups excluding tert-OH is 2. The van der Waals surface area contributed by atoms with Crippen molar-refractivity contribution >= 4 is 17.9 Å². The smallest absolute Gasteiger partial charge is 0.408 e. The molecule has 0 spiro atoms. The zero-order valence-electron chi connectivity index (χ0n) is 19.1. The molecule has 0 aliphatic rings. The van der Waals surface area contributed by atoms with Crippen LogP contribution in [0.25, 0.3) is 0 Å². The van der Waals surface area contributed by atoms with Gasteiger partial charge < -0.3 is 30.5 Å². The van der Waals surface area contributed by atoms with Gasteiger partial charge in [0.1, 0.15) is 17.7 Å². The molecule has 2 atom stereocenters. The zero-order valence-corrected chi connectivity index (χ0v) is 19.1. The molecule has 0 saturated carbocycles. The van der Waals surface area contributed by atoms with Crippen LogP contribution in [0.2, 0.25) is 0 Å². The maximum Gasteiger partial charge on any atom is 0.408 e. The first-order chi connectivity index (χ1) is 14.4. The molecule has 2 unspecified atom stereocenters. The van der Waals surface area contributed by atoms with E-state index in [2.05, 4.69) is 10.6 Å². The minimum absolute atomic E-state index is 0.171. The van der Waals surface area contributed by atoms with Crippen molar-refractivity contribution in [3.8, 4) is 0 Å². The molecular weight excluding hydrogens is 402 g/mol. The number of carbonyl (C=O) groups is 3. The number of nitrogens with zero attached hydrogens (tertiary/aromatic N) is 1. The lowest BCUT2D eigenvalue weighted by atomic mass is 10.0. The van der Waals surface area contributed by atoms with Gasteiger partial charge in [-0.1, -0.05) is 29.8 Å². The molecule has 1 aromatic rings. The van der Waals surface area contributed by atoms with Crippen molar-refractivity contribution < 1.29 is 29.3 Å². The third kappa shape index (κ3) is 8.55. The fourth-order valence-corrected chi connectivity index (χ4v) is 2.99. The third-order valence-corrected chi connectivity index (χ3v) is 4.14. The average molecular weight is 438 g/mol. The van der Waals surface area contributed by atoms with E-state index in [1.165, 1.54) is 0 Å². The predicted molar refractivity (Wildman–Crippen MR) is 116 cm³/mol. The summed E-state index contributed by atoms with van der Waals surface area (Å²) in [5, 5.41) is 24.5. The largest absolute Gasteiger partial charge is 0.444 e. The topological polar surface area (TPSA) is 128 Å². The van der Waals surface area contributed by atoms with E-state index in [0.717, 1.165) is 10.5 Å². The van der Waals surface area contributed by atoms with E-state index in [4.69, 9.17) is 4.74 Å². The zero-order chi connectivity index (χ0) is 23.8. The van der Waals surface area contributed by atoms with Crippen LogP contribution in [0.15, 0.2) is 24.3 Å². The highest BCUT2D eigenvalue weighted by Crippen LogP contribution is 2.23. The second kappa shape index (κ2) is 11.7. The molecule has 0 radical (unpaired) electrons. The fourth-order valence-electron chi connectivity index (χ4n) is 2.99. The molecule has 174 valence electrons. The molecule has 4 N–H and O–H groups in total. The SMILES string of the molecule is Cc1cccc(C(C(=O)NC(C)C)N(CCO)C(=O)C(CO)NC(=O)OC(C)(C)C)c1. The number of carbonyl (C=O) groups excluding carboxylic acids is 3. The highest BCUT2D eigenvalue weighted by Gasteiger charge is 2.36. The second-order valence-electron chi connectivity index (χ2n) is 8.62. The molecule has 9 nitrogen and oxygen atoms in total. The normalized spacial score (nSPS) is 13.3. The second-order valence-corrected chi connectivity index (χ2v) is 8.62. The molecule has 0 bridgehead atoms. The summed E-state index contributed by atoms with van der Waals surface area (Å²) in [4.78, 5) is 39.6. The quantitative estimate of drug-likeness (QED) is 0.461. The van der Waals surface area contributed by atoms with Crippen LogP contribution in [-0.2, 0) is 14.3 Å². The molecule has 31 heavy (non-hydrogen) atoms. The predicted octanol–water partition coefficient (Wildman–Crippen LogP) is 1.27. The number of amides is 3. The molecule has 0 aliphatic heterocycles. The summed E-state index contributed by atoms with van der Waals surface area (Å²) in [6.45, 7) is 9.18. The molecule has 0 heterocycles. The van der Waals surface area contributed by atoms with Gasteiger partial charge in [-0.15, -0.1) is 0 Å². The highest BCUT2D eigenvalue weighted by molar-refractivity contribution is 5.92. The van der Waals surface area contributed by atoms with Crippen LogP contribution >= 0.6 is 0 Å². The van der Waals surface area contributed by atoms with Crippen molar-refractivity contribution in [3.05, 3.63) is 35.4 Å². The maximum absolute atomic E-state index is 13.3. The number of rotatable bonds is 9. The Bertz CT molecular complexity index is 760. The van der Waals surface area contributed by atoms with E-state index >= 15 is 0 Å². The monoisotopic (exact) mass is 437 g/mol. The number of aryl methyl sites for hydroxylation is 1. The van der Waals surface area contributed by atoms with Gasteiger partial charge in [0, 0.05) is 12.6 Å². The first kappa shape index (κ1) is 26.4. The minimum atomic E-state index is -1.35. The number of nitrogens with one attached hydrogen (secondary N) is 2. The van der Waals surface area contributed by atoms with Crippen LogP contribution in [0, 0.1) is 6.92 Å². The van der Waals surface area contributed by atoms with Crippen LogP contribution in [-0.4, -0.2) is 70.5 Å². The average Bonchev–Trinajstić information content (AvgIpc) is 2.63. The van der Waals surface area contributed by atoms with Gasteiger partial charge in [0.05, 0.1) is 13.2 Å². The third-order valence-electron chi connectivity index (χ3n) is 4.14. The van der Waals surface area contributed by atoms with E-state index in [0.29, 0.717) is 5.56 Å². The van der Waals surface area contributed by atoms with Crippen molar-refractivity contribution in [2.45, 2.75) is 65.3 Å². The summed E-state index contributed by atoms with van der Waals surface area (Å²) in [5.41, 5.74) is 0.648. The van der Waals surface area contributed by atoms with Crippen LogP contribution in [0.1, 0.15) is 51.8 Å². The first-order valence-electron chi connectivity index (χ1n) is 10.3. The Balaban J connectivity index is 3.29. The molecule has 0 aliphatic carbocycles. The van der Waals surface area contributed by atoms with Gasteiger partial charge >= 0.3 is 6.09 Å². The van der Waals surface area contributed by atoms with Crippen molar-refractivity contribution in [2.75, 3.05) is 19.8 Å². The number of benzene rings is 1. The minimum Gasteiger partial charge on any atom is -0.444 e. The standard InChI is InChI=1S/C22H35N3O6/c1-14(2)23-19(28)18(16-9-7-8-15(3)12-16)25(10-11-26)20(29)17(13-27)24-21(30)31-22(4,5)6/h7-9,12,14,17-18,26-27H,10-11,13H2,1-6H3,(H,23,28)(H,24,30). The summed E-state index contributed by atoms with van der Waals surface area (Å²) < 4.78 is 5.16. The van der Waals surface area contributed by atoms with E-state index < -0.39 is 48.8 Å². The summed E-state index contributed by atoms with van der Waals surface area (Å²) in [6.07, 6.45) is -0.873. The molecule has 1 aromatic carbocycles. The maximum atomic E-state index is 13.3. The van der Waals surface area contributed by atoms with E-state index in [1.807, 2.05) is 13.0 Å². The number of hydrogen-bond donors (Lipinski definition) is 4. The summed E-state index contributed by atoms with van der Waals surface area (Å²) in [7, 11) is 0. The van der Waals surface area contributed by atoms with Crippen LogP contribution < -0.4 is 10.6 Å². The number of alkyl carbamates (subject to hydrolysis) is 1. The van der Waals surface area contributed by atoms with Gasteiger partial charge in [0.15, 0.2) is 0 Å². The van der Waals surface area contributed by atoms with Crippen LogP contribution in [0.4, 0.5) is 4.79 Å². The lowest BCUT2D eigenvalue weighted by molar-refractivity contribution is -0.144. The Morgan fingerprint density at radius 3 is 2.26 bits per heavy atom. The number of ether oxygens (including phenoxy) is 1. The molecule has 0 aromatic heterocycles. The highest BCUT2D eigenvalue weighted by atomic mass is 16.6. The Kier molecular flexibility index (Phi) is 9.93. The summed E-state index contributed by atoms with van der Waals surface area (Å²) in [6, 6.07) is 4.53. The van der Waals surface area contributed by atoms with Crippen molar-refractivity contribution in [1.29, 1.82) is 0 Å². The molecule has 9 heteroatoms. The van der Waals surface area contributed by atoms with Crippen LogP contribution in [0.5, 0.6) is 0 Å². The fraction of sp³-hybridized carbons (Fsp3) is 0.591. The van der Waals surface area contributed by atoms with Crippen molar-refractivity contribution in [2.24, 2.45) is 0 Å². The summed E-state index contributed by atoms with van der Waals surface area (Å²) in [5.74, 6) is -1.15. The van der Waals surface area contributed by atoms with E-state index in [-0.39, 0.29) is 12.6 Å². The van der Waals surface area contributed by atoms with Gasteiger partial charge in [-0.25, -0.2) is 4.79 Å². The Morgan fingerprint density at radius 2 is 1.77 bits per heavy atom. The molecule has 0 saturated heterocycles. The van der Waals surface area contributed by atoms with E-state index in [1.54, 1.807) is 52.8 Å². The lowest BCUT2D eigenvalue weighted by Gasteiger charge is -2.34. The van der Waals surface area contributed by atoms with Crippen molar-refractivity contribution in [1.82, 2.24) is 15.5 Å². The first-order valence-corrected chi connectivity index (χ1v) is 10.3. The van der Waals surface area contributed by atoms with Gasteiger partial charge in [-0.3, -0.25) is 9.59 Å². The Hall–Kier alpha value is -2.65. The van der Waals surface area contributed by atoms with Gasteiger partial charge in [-0.2, -0.15) is 0 Å². The van der Waals surface area contributed by atoms with Gasteiger partial charge in [0.25, 0.3) is 0 Å². The summed E-state index contributed by atoms with van der Waals surface area (Å²) >= 11 is 0. The molecular formula is C22H35N3O6. The number of hydrogen-bond acceptors (Lipinski definition) is 6. The molecule has 3 amide bonds. The Labute approximate surface area is 183 Å².